The minimum atomic E-state index is -4.48. The van der Waals surface area contributed by atoms with Crippen molar-refractivity contribution in [2.24, 2.45) is 11.7 Å². The molecule has 1 aromatic carbocycles. The van der Waals surface area contributed by atoms with Gasteiger partial charge in [-0.25, -0.2) is 0 Å². The summed E-state index contributed by atoms with van der Waals surface area (Å²) in [6.07, 6.45) is -0.271. The second-order valence-corrected chi connectivity index (χ2v) is 4.53. The number of halogens is 3. The van der Waals surface area contributed by atoms with E-state index in [0.29, 0.717) is 31.1 Å². The summed E-state index contributed by atoms with van der Waals surface area (Å²) in [5, 5.41) is 9.60. The molecule has 6 heteroatoms. The molecule has 1 atom stereocenters. The predicted molar refractivity (Wildman–Crippen MR) is 63.7 cm³/mol. The predicted octanol–water partition coefficient (Wildman–Crippen LogP) is 2.82. The van der Waals surface area contributed by atoms with Gasteiger partial charge in [0.05, 0.1) is 12.2 Å². The van der Waals surface area contributed by atoms with E-state index < -0.39 is 17.5 Å². The van der Waals surface area contributed by atoms with E-state index in [1.54, 1.807) is 6.08 Å². The Kier molecular flexibility index (Phi) is 3.59. The molecule has 0 amide bonds. The highest BCUT2D eigenvalue weighted by atomic mass is 19.4. The standard InChI is InChI=1S/C13H14F3NO2/c14-13(15,16)10-5-9-4-8(2-1-3-17)7-19-12(9)11(18)6-10/h1,3,5-6,8,18H,2,4,7,17H2. The van der Waals surface area contributed by atoms with Crippen molar-refractivity contribution in [1.29, 1.82) is 0 Å². The lowest BCUT2D eigenvalue weighted by Gasteiger charge is -2.26. The molecule has 3 N–H and O–H groups in total. The molecule has 0 bridgehead atoms. The molecular formula is C13H14F3NO2. The van der Waals surface area contributed by atoms with Crippen LogP contribution in [0.3, 0.4) is 0 Å². The summed E-state index contributed by atoms with van der Waals surface area (Å²) in [5.41, 5.74) is 4.76. The summed E-state index contributed by atoms with van der Waals surface area (Å²) in [4.78, 5) is 0. The van der Waals surface area contributed by atoms with E-state index in [1.165, 1.54) is 6.20 Å². The molecule has 19 heavy (non-hydrogen) atoms. The fraction of sp³-hybridized carbons (Fsp3) is 0.385. The van der Waals surface area contributed by atoms with Gasteiger partial charge in [-0.15, -0.1) is 0 Å². The molecule has 0 aromatic heterocycles. The summed E-state index contributed by atoms with van der Waals surface area (Å²) < 4.78 is 43.3. The lowest BCUT2D eigenvalue weighted by molar-refractivity contribution is -0.137. The average molecular weight is 273 g/mol. The minimum Gasteiger partial charge on any atom is -0.504 e. The first-order valence-electron chi connectivity index (χ1n) is 5.84. The van der Waals surface area contributed by atoms with Crippen molar-refractivity contribution in [2.75, 3.05) is 6.61 Å². The van der Waals surface area contributed by atoms with Crippen molar-refractivity contribution in [3.05, 3.63) is 35.5 Å². The number of nitrogens with two attached hydrogens (primary N) is 1. The fourth-order valence-electron chi connectivity index (χ4n) is 2.15. The summed E-state index contributed by atoms with van der Waals surface area (Å²) >= 11 is 0. The molecule has 104 valence electrons. The molecule has 1 aliphatic heterocycles. The van der Waals surface area contributed by atoms with Gasteiger partial charge >= 0.3 is 6.18 Å². The highest BCUT2D eigenvalue weighted by Gasteiger charge is 2.33. The first-order valence-corrected chi connectivity index (χ1v) is 5.84. The smallest absolute Gasteiger partial charge is 0.416 e. The number of fused-ring (bicyclic) bond motifs is 1. The number of benzene rings is 1. The van der Waals surface area contributed by atoms with Crippen LogP contribution in [0.2, 0.25) is 0 Å². The molecule has 0 spiro atoms. The number of rotatable bonds is 2. The maximum Gasteiger partial charge on any atom is 0.416 e. The maximum absolute atomic E-state index is 12.7. The van der Waals surface area contributed by atoms with Crippen LogP contribution in [0.15, 0.2) is 24.4 Å². The Labute approximate surface area is 108 Å². The number of allylic oxidation sites excluding steroid dienone is 1. The van der Waals surface area contributed by atoms with Crippen LogP contribution in [0.5, 0.6) is 11.5 Å². The SMILES string of the molecule is NC=CCC1COc2c(O)cc(C(F)(F)F)cc2C1. The van der Waals surface area contributed by atoms with E-state index in [-0.39, 0.29) is 11.7 Å². The number of phenolic OH excluding ortho intramolecular Hbond substituents is 1. The number of phenols is 1. The molecule has 0 saturated heterocycles. The first-order chi connectivity index (χ1) is 8.91. The highest BCUT2D eigenvalue weighted by Crippen LogP contribution is 2.41. The van der Waals surface area contributed by atoms with E-state index in [2.05, 4.69) is 0 Å². The third-order valence-corrected chi connectivity index (χ3v) is 3.05. The second kappa shape index (κ2) is 5.03. The van der Waals surface area contributed by atoms with Crippen molar-refractivity contribution in [2.45, 2.75) is 19.0 Å². The lowest BCUT2D eigenvalue weighted by atomic mass is 9.92. The van der Waals surface area contributed by atoms with Crippen LogP contribution in [0, 0.1) is 5.92 Å². The molecule has 1 unspecified atom stereocenters. The number of alkyl halides is 3. The summed E-state index contributed by atoms with van der Waals surface area (Å²) in [6, 6.07) is 1.73. The molecule has 3 nitrogen and oxygen atoms in total. The lowest BCUT2D eigenvalue weighted by Crippen LogP contribution is -2.21. The number of aromatic hydroxyl groups is 1. The van der Waals surface area contributed by atoms with Gasteiger partial charge < -0.3 is 15.6 Å². The monoisotopic (exact) mass is 273 g/mol. The molecule has 1 aliphatic rings. The van der Waals surface area contributed by atoms with Crippen LogP contribution in [-0.4, -0.2) is 11.7 Å². The molecule has 1 aromatic rings. The first kappa shape index (κ1) is 13.6. The van der Waals surface area contributed by atoms with Gasteiger partial charge in [0.1, 0.15) is 0 Å². The van der Waals surface area contributed by atoms with Crippen LogP contribution >= 0.6 is 0 Å². The average Bonchev–Trinajstić information content (AvgIpc) is 2.34. The van der Waals surface area contributed by atoms with E-state index in [4.69, 9.17) is 10.5 Å². The quantitative estimate of drug-likeness (QED) is 0.871. The molecule has 0 aliphatic carbocycles. The zero-order valence-electron chi connectivity index (χ0n) is 10.1. The van der Waals surface area contributed by atoms with Gasteiger partial charge in [0.2, 0.25) is 0 Å². The number of hydrogen-bond acceptors (Lipinski definition) is 3. The Morgan fingerprint density at radius 1 is 1.42 bits per heavy atom. The van der Waals surface area contributed by atoms with Gasteiger partial charge in [0.15, 0.2) is 11.5 Å². The maximum atomic E-state index is 12.7. The fourth-order valence-corrected chi connectivity index (χ4v) is 2.15. The zero-order valence-corrected chi connectivity index (χ0v) is 10.1. The number of hydrogen-bond donors (Lipinski definition) is 2. The van der Waals surface area contributed by atoms with E-state index in [9.17, 15) is 18.3 Å². The van der Waals surface area contributed by atoms with Gasteiger partial charge in [-0.1, -0.05) is 6.08 Å². The molecular weight excluding hydrogens is 259 g/mol. The highest BCUT2D eigenvalue weighted by molar-refractivity contribution is 5.50. The summed E-state index contributed by atoms with van der Waals surface area (Å²) in [6.45, 7) is 0.357. The van der Waals surface area contributed by atoms with Crippen LogP contribution in [0.1, 0.15) is 17.5 Å². The van der Waals surface area contributed by atoms with Gasteiger partial charge in [0, 0.05) is 5.92 Å². The van der Waals surface area contributed by atoms with Crippen LogP contribution in [-0.2, 0) is 12.6 Å². The molecule has 0 radical (unpaired) electrons. The van der Waals surface area contributed by atoms with Gasteiger partial charge in [-0.3, -0.25) is 0 Å². The van der Waals surface area contributed by atoms with Gasteiger partial charge in [-0.2, -0.15) is 13.2 Å². The topological polar surface area (TPSA) is 55.5 Å². The van der Waals surface area contributed by atoms with E-state index in [0.717, 1.165) is 6.07 Å². The van der Waals surface area contributed by atoms with Gasteiger partial charge in [-0.05, 0) is 36.7 Å². The summed E-state index contributed by atoms with van der Waals surface area (Å²) in [7, 11) is 0. The normalized spacial score (nSPS) is 19.2. The Bertz CT molecular complexity index is 497. The summed E-state index contributed by atoms with van der Waals surface area (Å²) in [5.74, 6) is -0.242. The third kappa shape index (κ3) is 2.94. The van der Waals surface area contributed by atoms with Crippen molar-refractivity contribution in [3.63, 3.8) is 0 Å². The number of ether oxygens (including phenoxy) is 1. The Morgan fingerprint density at radius 3 is 2.79 bits per heavy atom. The molecule has 0 saturated carbocycles. The van der Waals surface area contributed by atoms with E-state index in [1.807, 2.05) is 0 Å². The molecule has 1 heterocycles. The second-order valence-electron chi connectivity index (χ2n) is 4.53. The van der Waals surface area contributed by atoms with Crippen LogP contribution in [0.4, 0.5) is 13.2 Å². The molecule has 0 fully saturated rings. The minimum absolute atomic E-state index is 0.0650. The Hall–Kier alpha value is -1.85. The zero-order chi connectivity index (χ0) is 14.0. The van der Waals surface area contributed by atoms with Crippen molar-refractivity contribution in [3.8, 4) is 11.5 Å². The van der Waals surface area contributed by atoms with Crippen LogP contribution < -0.4 is 10.5 Å². The van der Waals surface area contributed by atoms with Gasteiger partial charge in [0.25, 0.3) is 0 Å². The van der Waals surface area contributed by atoms with Crippen molar-refractivity contribution >= 4 is 0 Å². The Morgan fingerprint density at radius 2 is 2.16 bits per heavy atom. The largest absolute Gasteiger partial charge is 0.504 e. The van der Waals surface area contributed by atoms with Crippen molar-refractivity contribution in [1.82, 2.24) is 0 Å². The van der Waals surface area contributed by atoms with Crippen LogP contribution in [0.25, 0.3) is 0 Å². The molecule has 2 rings (SSSR count). The van der Waals surface area contributed by atoms with E-state index >= 15 is 0 Å². The third-order valence-electron chi connectivity index (χ3n) is 3.05. The van der Waals surface area contributed by atoms with Crippen molar-refractivity contribution < 1.29 is 23.0 Å². The Balaban J connectivity index is 2.29.